The van der Waals surface area contributed by atoms with Gasteiger partial charge in [-0.05, 0) is 6.92 Å². The number of nitrogens with one attached hydrogen (secondary N) is 1. The van der Waals surface area contributed by atoms with Crippen molar-refractivity contribution in [3.05, 3.63) is 21.7 Å². The van der Waals surface area contributed by atoms with E-state index in [9.17, 15) is 4.79 Å². The van der Waals surface area contributed by atoms with E-state index in [4.69, 9.17) is 5.26 Å². The van der Waals surface area contributed by atoms with Crippen LogP contribution in [0.15, 0.2) is 9.32 Å². The van der Waals surface area contributed by atoms with Crippen molar-refractivity contribution in [2.75, 3.05) is 0 Å². The molecule has 1 rings (SSSR count). The minimum absolute atomic E-state index is 0.109. The lowest BCUT2D eigenvalue weighted by molar-refractivity contribution is 0.386. The Kier molecular flexibility index (Phi) is 1.59. The Hall–Kier alpha value is -1.50. The van der Waals surface area contributed by atoms with Gasteiger partial charge < -0.3 is 4.52 Å². The van der Waals surface area contributed by atoms with Gasteiger partial charge in [0, 0.05) is 0 Å². The third-order valence-electron chi connectivity index (χ3n) is 1.25. The number of hydrogen-bond donors (Lipinski definition) is 1. The lowest BCUT2D eigenvalue weighted by Crippen LogP contribution is -2.00. The molecule has 0 spiro atoms. The van der Waals surface area contributed by atoms with E-state index in [1.54, 1.807) is 6.92 Å². The maximum Gasteiger partial charge on any atom is 0.361 e. The molecule has 1 aromatic heterocycles. The van der Waals surface area contributed by atoms with Crippen LogP contribution in [0, 0.1) is 18.3 Å². The van der Waals surface area contributed by atoms with Gasteiger partial charge in [-0.2, -0.15) is 5.26 Å². The normalized spacial score (nSPS) is 9.20. The van der Waals surface area contributed by atoms with E-state index in [0.717, 1.165) is 0 Å². The summed E-state index contributed by atoms with van der Waals surface area (Å²) in [5, 5.41) is 10.6. The topological polar surface area (TPSA) is 69.8 Å². The monoisotopic (exact) mass is 138 g/mol. The maximum atomic E-state index is 10.7. The Balaban J connectivity index is 3.13. The van der Waals surface area contributed by atoms with E-state index in [-0.39, 0.29) is 6.42 Å². The van der Waals surface area contributed by atoms with Crippen molar-refractivity contribution in [2.24, 2.45) is 0 Å². The van der Waals surface area contributed by atoms with Gasteiger partial charge in [0.15, 0.2) is 0 Å². The second kappa shape index (κ2) is 2.40. The molecular formula is C6H6N2O2. The predicted octanol–water partition coefficient (Wildman–Crippen LogP) is 0.342. The first kappa shape index (κ1) is 6.62. The van der Waals surface area contributed by atoms with E-state index in [2.05, 4.69) is 9.68 Å². The fraction of sp³-hybridized carbons (Fsp3) is 0.333. The first-order chi connectivity index (χ1) is 4.75. The number of aryl methyl sites for hydroxylation is 1. The van der Waals surface area contributed by atoms with Gasteiger partial charge in [0.25, 0.3) is 0 Å². The molecule has 10 heavy (non-hydrogen) atoms. The van der Waals surface area contributed by atoms with Crippen LogP contribution in [-0.2, 0) is 6.42 Å². The molecule has 0 saturated heterocycles. The molecule has 0 aliphatic carbocycles. The molecule has 0 radical (unpaired) electrons. The van der Waals surface area contributed by atoms with Crippen molar-refractivity contribution < 1.29 is 4.52 Å². The molecule has 4 heteroatoms. The van der Waals surface area contributed by atoms with Gasteiger partial charge in [-0.15, -0.1) is 0 Å². The van der Waals surface area contributed by atoms with Gasteiger partial charge in [0.1, 0.15) is 0 Å². The van der Waals surface area contributed by atoms with E-state index in [1.807, 2.05) is 6.07 Å². The summed E-state index contributed by atoms with van der Waals surface area (Å²) in [5.41, 5.74) is 0.605. The third kappa shape index (κ3) is 0.935. The molecular weight excluding hydrogens is 132 g/mol. The van der Waals surface area contributed by atoms with Crippen molar-refractivity contribution >= 4 is 0 Å². The average Bonchev–Trinajstić information content (AvgIpc) is 2.20. The standard InChI is InChI=1S/C6H6N2O2/c1-4-5(2-3-7)6(9)10-8-4/h8H,2H2,1H3. The van der Waals surface area contributed by atoms with Crippen molar-refractivity contribution in [1.29, 1.82) is 5.26 Å². The molecule has 1 aromatic rings. The number of rotatable bonds is 1. The zero-order valence-electron chi connectivity index (χ0n) is 5.47. The Morgan fingerprint density at radius 1 is 1.80 bits per heavy atom. The zero-order chi connectivity index (χ0) is 7.56. The molecule has 1 heterocycles. The van der Waals surface area contributed by atoms with Gasteiger partial charge in [0.05, 0.1) is 23.7 Å². The lowest BCUT2D eigenvalue weighted by Gasteiger charge is -1.81. The highest BCUT2D eigenvalue weighted by Gasteiger charge is 2.05. The fourth-order valence-electron chi connectivity index (χ4n) is 0.683. The summed E-state index contributed by atoms with van der Waals surface area (Å²) in [5.74, 6) is 0. The molecule has 0 unspecified atom stereocenters. The van der Waals surface area contributed by atoms with Gasteiger partial charge in [-0.25, -0.2) is 9.95 Å². The summed E-state index contributed by atoms with van der Waals surface area (Å²) in [6.07, 6.45) is 0.109. The Bertz CT molecular complexity index is 315. The second-order valence-corrected chi connectivity index (χ2v) is 1.93. The molecule has 0 fully saturated rings. The van der Waals surface area contributed by atoms with Crippen molar-refractivity contribution in [3.63, 3.8) is 0 Å². The SMILES string of the molecule is Cc1[nH]oc(=O)c1CC#N. The third-order valence-corrected chi connectivity index (χ3v) is 1.25. The van der Waals surface area contributed by atoms with Crippen molar-refractivity contribution in [1.82, 2.24) is 5.16 Å². The van der Waals surface area contributed by atoms with Crippen LogP contribution < -0.4 is 5.63 Å². The average molecular weight is 138 g/mol. The van der Waals surface area contributed by atoms with Crippen LogP contribution in [0.25, 0.3) is 0 Å². The van der Waals surface area contributed by atoms with Gasteiger partial charge in [0.2, 0.25) is 0 Å². The van der Waals surface area contributed by atoms with Crippen molar-refractivity contribution in [3.8, 4) is 6.07 Å². The first-order valence-corrected chi connectivity index (χ1v) is 2.79. The van der Waals surface area contributed by atoms with Gasteiger partial charge in [-0.3, -0.25) is 0 Å². The van der Waals surface area contributed by atoms with Crippen LogP contribution in [0.1, 0.15) is 11.3 Å². The maximum absolute atomic E-state index is 10.7. The minimum Gasteiger partial charge on any atom is -0.339 e. The smallest absolute Gasteiger partial charge is 0.339 e. The summed E-state index contributed by atoms with van der Waals surface area (Å²) < 4.78 is 4.42. The van der Waals surface area contributed by atoms with Crippen LogP contribution in [0.5, 0.6) is 0 Å². The van der Waals surface area contributed by atoms with E-state index in [0.29, 0.717) is 11.3 Å². The minimum atomic E-state index is -0.445. The van der Waals surface area contributed by atoms with Gasteiger partial charge >= 0.3 is 5.63 Å². The molecule has 0 saturated carbocycles. The van der Waals surface area contributed by atoms with Gasteiger partial charge in [-0.1, -0.05) is 0 Å². The van der Waals surface area contributed by atoms with Crippen LogP contribution >= 0.6 is 0 Å². The summed E-state index contributed by atoms with van der Waals surface area (Å²) in [7, 11) is 0. The number of nitriles is 1. The predicted molar refractivity (Wildman–Crippen MR) is 33.4 cm³/mol. The first-order valence-electron chi connectivity index (χ1n) is 2.79. The highest BCUT2D eigenvalue weighted by molar-refractivity contribution is 5.16. The number of H-pyrrole nitrogens is 1. The highest BCUT2D eigenvalue weighted by Crippen LogP contribution is 1.97. The zero-order valence-corrected chi connectivity index (χ0v) is 5.47. The molecule has 0 aromatic carbocycles. The van der Waals surface area contributed by atoms with Crippen molar-refractivity contribution in [2.45, 2.75) is 13.3 Å². The molecule has 0 aliphatic rings. The Morgan fingerprint density at radius 3 is 2.90 bits per heavy atom. The Morgan fingerprint density at radius 2 is 2.50 bits per heavy atom. The lowest BCUT2D eigenvalue weighted by atomic mass is 10.2. The second-order valence-electron chi connectivity index (χ2n) is 1.93. The van der Waals surface area contributed by atoms with Crippen LogP contribution in [-0.4, -0.2) is 5.16 Å². The van der Waals surface area contributed by atoms with Crippen LogP contribution in [0.2, 0.25) is 0 Å². The van der Waals surface area contributed by atoms with Crippen LogP contribution in [0.3, 0.4) is 0 Å². The quantitative estimate of drug-likeness (QED) is 0.608. The summed E-state index contributed by atoms with van der Waals surface area (Å²) in [6, 6.07) is 1.87. The Labute approximate surface area is 57.0 Å². The largest absolute Gasteiger partial charge is 0.361 e. The summed E-state index contributed by atoms with van der Waals surface area (Å²) in [4.78, 5) is 10.7. The highest BCUT2D eigenvalue weighted by atomic mass is 16.5. The number of nitrogens with zero attached hydrogens (tertiary/aromatic N) is 1. The molecule has 0 aliphatic heterocycles. The van der Waals surface area contributed by atoms with E-state index in [1.165, 1.54) is 0 Å². The van der Waals surface area contributed by atoms with E-state index >= 15 is 0 Å². The molecule has 52 valence electrons. The summed E-state index contributed by atoms with van der Waals surface area (Å²) in [6.45, 7) is 1.69. The summed E-state index contributed by atoms with van der Waals surface area (Å²) >= 11 is 0. The molecule has 4 nitrogen and oxygen atoms in total. The number of hydrogen-bond acceptors (Lipinski definition) is 3. The fourth-order valence-corrected chi connectivity index (χ4v) is 0.683. The van der Waals surface area contributed by atoms with E-state index < -0.39 is 5.63 Å². The van der Waals surface area contributed by atoms with Crippen LogP contribution in [0.4, 0.5) is 0 Å². The molecule has 0 bridgehead atoms. The molecule has 1 N–H and O–H groups in total. The number of aromatic amines is 1. The molecule has 0 atom stereocenters. The number of aromatic nitrogens is 1. The molecule has 0 amide bonds.